The number of nitrogens with zero attached hydrogens (tertiary/aromatic N) is 1. The lowest BCUT2D eigenvalue weighted by Gasteiger charge is -2.53. The zero-order valence-corrected chi connectivity index (χ0v) is 20.2. The molecular weight excluding hydrogens is 524 g/mol. The van der Waals surface area contributed by atoms with Crippen LogP contribution < -0.4 is 28.7 Å². The fourth-order valence-electron chi connectivity index (χ4n) is 4.12. The third kappa shape index (κ3) is 3.61. The third-order valence-corrected chi connectivity index (χ3v) is 6.80. The number of hydrogen-bond acceptors (Lipinski definition) is 1. The summed E-state index contributed by atoms with van der Waals surface area (Å²) >= 11 is 2.47. The van der Waals surface area contributed by atoms with Crippen LogP contribution in [-0.2, 0) is 12.0 Å². The Morgan fingerprint density at radius 1 is 1.17 bits per heavy atom. The Labute approximate surface area is 178 Å². The van der Waals surface area contributed by atoms with Crippen molar-refractivity contribution in [2.45, 2.75) is 71.1 Å². The van der Waals surface area contributed by atoms with Crippen molar-refractivity contribution in [1.82, 2.24) is 0 Å². The zero-order valence-electron chi connectivity index (χ0n) is 15.9. The van der Waals surface area contributed by atoms with Crippen LogP contribution in [-0.4, -0.2) is 24.3 Å². The summed E-state index contributed by atoms with van der Waals surface area (Å²) in [6.07, 6.45) is 4.93. The van der Waals surface area contributed by atoms with Crippen LogP contribution in [0.15, 0.2) is 12.1 Å². The van der Waals surface area contributed by atoms with Crippen molar-refractivity contribution in [3.8, 4) is 5.75 Å². The number of fused-ring (bicyclic) bond motifs is 1. The van der Waals surface area contributed by atoms with Gasteiger partial charge in [0, 0.05) is 12.8 Å². The Kier molecular flexibility index (Phi) is 5.94. The van der Waals surface area contributed by atoms with Crippen LogP contribution in [0.2, 0.25) is 0 Å². The first-order valence-electron chi connectivity index (χ1n) is 8.89. The topological polar surface area (TPSA) is 9.23 Å². The van der Waals surface area contributed by atoms with E-state index in [2.05, 4.69) is 76.5 Å². The molecule has 0 bridgehead atoms. The Morgan fingerprint density at radius 2 is 1.75 bits per heavy atom. The number of halogens is 2. The molecule has 1 fully saturated rings. The fraction of sp³-hybridized carbons (Fsp3) is 0.700. The van der Waals surface area contributed by atoms with Gasteiger partial charge < -0.3 is 28.7 Å². The van der Waals surface area contributed by atoms with E-state index in [1.54, 1.807) is 0 Å². The van der Waals surface area contributed by atoms with Gasteiger partial charge in [0.05, 0.1) is 23.2 Å². The summed E-state index contributed by atoms with van der Waals surface area (Å²) in [5.41, 5.74) is 2.96. The molecule has 0 atom stereocenters. The van der Waals surface area contributed by atoms with Crippen LogP contribution in [0.1, 0.15) is 64.5 Å². The van der Waals surface area contributed by atoms with Gasteiger partial charge in [-0.3, -0.25) is 4.48 Å². The summed E-state index contributed by atoms with van der Waals surface area (Å²) in [6.45, 7) is 10.3. The van der Waals surface area contributed by atoms with Crippen molar-refractivity contribution >= 4 is 22.6 Å². The van der Waals surface area contributed by atoms with Gasteiger partial charge in [-0.15, -0.1) is 0 Å². The van der Waals surface area contributed by atoms with Crippen LogP contribution in [0, 0.1) is 9.49 Å². The molecule has 1 aliphatic heterocycles. The minimum Gasteiger partial charge on any atom is -1.00 e. The average molecular weight is 555 g/mol. The molecule has 0 amide bonds. The van der Waals surface area contributed by atoms with E-state index in [4.69, 9.17) is 4.74 Å². The molecule has 1 aliphatic carbocycles. The quantitative estimate of drug-likeness (QED) is 0.354. The first-order chi connectivity index (χ1) is 10.5. The number of hydrogen-bond donors (Lipinski definition) is 0. The maximum absolute atomic E-state index is 6.79. The number of quaternary nitrogens is 1. The van der Waals surface area contributed by atoms with Gasteiger partial charge in [-0.2, -0.15) is 0 Å². The van der Waals surface area contributed by atoms with Gasteiger partial charge >= 0.3 is 0 Å². The van der Waals surface area contributed by atoms with E-state index in [0.717, 1.165) is 22.7 Å². The van der Waals surface area contributed by atoms with Crippen molar-refractivity contribution in [2.24, 2.45) is 5.92 Å². The Bertz CT molecular complexity index is 611. The summed E-state index contributed by atoms with van der Waals surface area (Å²) in [6, 6.07) is 4.71. The second kappa shape index (κ2) is 6.87. The van der Waals surface area contributed by atoms with Crippen molar-refractivity contribution in [3.05, 3.63) is 26.8 Å². The van der Waals surface area contributed by atoms with Gasteiger partial charge in [0.25, 0.3) is 0 Å². The molecule has 1 aromatic rings. The van der Waals surface area contributed by atoms with Gasteiger partial charge in [0.1, 0.15) is 12.3 Å². The minimum atomic E-state index is -0.0251. The van der Waals surface area contributed by atoms with Crippen LogP contribution in [0.3, 0.4) is 0 Å². The highest BCUT2D eigenvalue weighted by Gasteiger charge is 2.53. The first-order valence-corrected chi connectivity index (χ1v) is 9.97. The third-order valence-electron chi connectivity index (χ3n) is 6.00. The molecule has 2 nitrogen and oxygen atoms in total. The molecule has 1 saturated carbocycles. The SMILES string of the molecule is CC1CCC2(CC1)Oc1c(I)cc(C(C)(C)C)cc1C[N+]2(C)C.[I-]. The molecule has 0 saturated heterocycles. The van der Waals surface area contributed by atoms with Gasteiger partial charge in [-0.25, -0.2) is 0 Å². The van der Waals surface area contributed by atoms with Gasteiger partial charge in [0.2, 0.25) is 5.72 Å². The molecule has 0 aromatic heterocycles. The van der Waals surface area contributed by atoms with E-state index in [1.165, 1.54) is 40.4 Å². The molecule has 4 heteroatoms. The lowest BCUT2D eigenvalue weighted by atomic mass is 9.81. The molecule has 0 N–H and O–H groups in total. The molecule has 136 valence electrons. The van der Waals surface area contributed by atoms with Gasteiger partial charge in [-0.1, -0.05) is 27.7 Å². The number of benzene rings is 1. The zero-order chi connectivity index (χ0) is 17.0. The predicted octanol–water partition coefficient (Wildman–Crippen LogP) is 2.47. The van der Waals surface area contributed by atoms with E-state index in [1.807, 2.05) is 0 Å². The van der Waals surface area contributed by atoms with Crippen molar-refractivity contribution < 1.29 is 33.2 Å². The van der Waals surface area contributed by atoms with Crippen LogP contribution >= 0.6 is 22.6 Å². The van der Waals surface area contributed by atoms with Crippen LogP contribution in [0.4, 0.5) is 0 Å². The van der Waals surface area contributed by atoms with Crippen molar-refractivity contribution in [1.29, 1.82) is 0 Å². The first kappa shape index (κ1) is 20.7. The van der Waals surface area contributed by atoms with Gasteiger partial charge in [0.15, 0.2) is 0 Å². The number of rotatable bonds is 0. The lowest BCUT2D eigenvalue weighted by molar-refractivity contribution is -0.980. The largest absolute Gasteiger partial charge is 1.00 e. The second-order valence-corrected chi connectivity index (χ2v) is 10.4. The molecule has 3 rings (SSSR count). The maximum atomic E-state index is 6.79. The summed E-state index contributed by atoms with van der Waals surface area (Å²) in [5, 5.41) is 0. The monoisotopic (exact) mass is 555 g/mol. The van der Waals surface area contributed by atoms with Crippen molar-refractivity contribution in [2.75, 3.05) is 14.1 Å². The molecule has 0 unspecified atom stereocenters. The van der Waals surface area contributed by atoms with E-state index >= 15 is 0 Å². The van der Waals surface area contributed by atoms with E-state index in [-0.39, 0.29) is 35.1 Å². The highest BCUT2D eigenvalue weighted by Crippen LogP contribution is 2.48. The summed E-state index contributed by atoms with van der Waals surface area (Å²) in [7, 11) is 4.71. The summed E-state index contributed by atoms with van der Waals surface area (Å²) in [5.74, 6) is 2.00. The minimum absolute atomic E-state index is 0. The number of ether oxygens (including phenoxy) is 1. The summed E-state index contributed by atoms with van der Waals surface area (Å²) < 4.78 is 9.02. The maximum Gasteiger partial charge on any atom is 0.243 e. The molecular formula is C20H31I2NO. The van der Waals surface area contributed by atoms with Gasteiger partial charge in [-0.05, 0) is 64.5 Å². The molecule has 1 aromatic carbocycles. The Hall–Kier alpha value is 0.440. The molecule has 1 heterocycles. The molecule has 0 radical (unpaired) electrons. The fourth-order valence-corrected chi connectivity index (χ4v) is 4.91. The molecule has 2 aliphatic rings. The van der Waals surface area contributed by atoms with E-state index in [9.17, 15) is 0 Å². The van der Waals surface area contributed by atoms with E-state index < -0.39 is 0 Å². The normalized spacial score (nSPS) is 28.7. The second-order valence-electron chi connectivity index (χ2n) is 9.27. The molecule has 24 heavy (non-hydrogen) atoms. The molecule has 1 spiro atoms. The predicted molar refractivity (Wildman–Crippen MR) is 105 cm³/mol. The smallest absolute Gasteiger partial charge is 0.243 e. The lowest BCUT2D eigenvalue weighted by Crippen LogP contribution is -3.00. The Morgan fingerprint density at radius 3 is 2.29 bits per heavy atom. The van der Waals surface area contributed by atoms with Crippen LogP contribution in [0.5, 0.6) is 5.75 Å². The average Bonchev–Trinajstić information content (AvgIpc) is 2.42. The highest BCUT2D eigenvalue weighted by molar-refractivity contribution is 14.1. The standard InChI is InChI=1S/C20H31INO.HI/c1-14-7-9-20(10-8-14)22(5,6)13-15-11-16(19(2,3)4)12-17(21)18(15)23-20;/h11-12,14H,7-10,13H2,1-6H3;1H/q+1;/p-1. The highest BCUT2D eigenvalue weighted by atomic mass is 127. The summed E-state index contributed by atoms with van der Waals surface area (Å²) in [4.78, 5) is 0. The van der Waals surface area contributed by atoms with Crippen molar-refractivity contribution in [3.63, 3.8) is 0 Å². The van der Waals surface area contributed by atoms with Crippen LogP contribution in [0.25, 0.3) is 0 Å². The van der Waals surface area contributed by atoms with E-state index in [0.29, 0.717) is 0 Å². The Balaban J connectivity index is 0.00000208.